The molecule has 0 saturated carbocycles. The minimum atomic E-state index is -0.448. The summed E-state index contributed by atoms with van der Waals surface area (Å²) in [4.78, 5) is 11.5. The standard InChI is InChI=1S/C21H25BrN2O6/c1-5-29-20(25)13-30-21-16(22)8-15(10-19(21)28-4)12-24-23-11-14-6-7-17(26-2)18(9-14)27-3/h6-10,12,23H,5,11,13H2,1-4H3/b24-12-. The van der Waals surface area contributed by atoms with Crippen molar-refractivity contribution in [3.05, 3.63) is 45.9 Å². The molecule has 30 heavy (non-hydrogen) atoms. The van der Waals surface area contributed by atoms with E-state index >= 15 is 0 Å². The number of hydrogen-bond donors (Lipinski definition) is 1. The highest BCUT2D eigenvalue weighted by Gasteiger charge is 2.13. The number of carbonyl (C=O) groups excluding carboxylic acids is 1. The summed E-state index contributed by atoms with van der Waals surface area (Å²) in [6.45, 7) is 2.34. The van der Waals surface area contributed by atoms with Crippen LogP contribution in [0, 0.1) is 0 Å². The summed E-state index contributed by atoms with van der Waals surface area (Å²) in [6.07, 6.45) is 1.66. The van der Waals surface area contributed by atoms with E-state index in [1.54, 1.807) is 33.4 Å². The molecule has 0 radical (unpaired) electrons. The van der Waals surface area contributed by atoms with E-state index in [0.717, 1.165) is 11.1 Å². The van der Waals surface area contributed by atoms with E-state index < -0.39 is 5.97 Å². The van der Waals surface area contributed by atoms with Gasteiger partial charge in [0.25, 0.3) is 0 Å². The van der Waals surface area contributed by atoms with E-state index in [9.17, 15) is 4.79 Å². The van der Waals surface area contributed by atoms with Crippen LogP contribution in [0.25, 0.3) is 0 Å². The molecule has 2 rings (SSSR count). The molecule has 0 unspecified atom stereocenters. The van der Waals surface area contributed by atoms with Gasteiger partial charge in [-0.2, -0.15) is 5.10 Å². The molecule has 2 aromatic rings. The van der Waals surface area contributed by atoms with E-state index in [1.165, 1.54) is 7.11 Å². The van der Waals surface area contributed by atoms with Gasteiger partial charge < -0.3 is 29.1 Å². The zero-order chi connectivity index (χ0) is 21.9. The van der Waals surface area contributed by atoms with Crippen molar-refractivity contribution in [1.82, 2.24) is 5.43 Å². The van der Waals surface area contributed by atoms with E-state index in [2.05, 4.69) is 26.5 Å². The van der Waals surface area contributed by atoms with Gasteiger partial charge in [-0.25, -0.2) is 4.79 Å². The van der Waals surface area contributed by atoms with Crippen LogP contribution in [-0.2, 0) is 16.1 Å². The van der Waals surface area contributed by atoms with Crippen molar-refractivity contribution in [3.8, 4) is 23.0 Å². The molecule has 1 N–H and O–H groups in total. The predicted molar refractivity (Wildman–Crippen MR) is 117 cm³/mol. The summed E-state index contributed by atoms with van der Waals surface area (Å²) >= 11 is 3.44. The molecule has 0 aliphatic carbocycles. The molecule has 162 valence electrons. The molecular weight excluding hydrogens is 456 g/mol. The molecule has 0 amide bonds. The largest absolute Gasteiger partial charge is 0.493 e. The normalized spacial score (nSPS) is 10.6. The first kappa shape index (κ1) is 23.3. The second-order valence-corrected chi connectivity index (χ2v) is 6.76. The summed E-state index contributed by atoms with van der Waals surface area (Å²) in [7, 11) is 4.72. The Hall–Kier alpha value is -2.94. The Labute approximate surface area is 184 Å². The van der Waals surface area contributed by atoms with Gasteiger partial charge in [-0.1, -0.05) is 6.07 Å². The minimum Gasteiger partial charge on any atom is -0.493 e. The zero-order valence-electron chi connectivity index (χ0n) is 17.4. The van der Waals surface area contributed by atoms with Crippen LogP contribution < -0.4 is 24.4 Å². The molecular formula is C21H25BrN2O6. The third-order valence-electron chi connectivity index (χ3n) is 3.93. The molecule has 0 heterocycles. The van der Waals surface area contributed by atoms with Crippen molar-refractivity contribution < 1.29 is 28.5 Å². The second-order valence-electron chi connectivity index (χ2n) is 5.91. The van der Waals surface area contributed by atoms with Gasteiger partial charge in [0.15, 0.2) is 29.6 Å². The van der Waals surface area contributed by atoms with Crippen molar-refractivity contribution in [1.29, 1.82) is 0 Å². The van der Waals surface area contributed by atoms with Gasteiger partial charge >= 0.3 is 5.97 Å². The third kappa shape index (κ3) is 6.55. The van der Waals surface area contributed by atoms with E-state index in [0.29, 0.717) is 40.6 Å². The van der Waals surface area contributed by atoms with Crippen LogP contribution in [0.2, 0.25) is 0 Å². The number of hydrogen-bond acceptors (Lipinski definition) is 8. The predicted octanol–water partition coefficient (Wildman–Crippen LogP) is 3.54. The van der Waals surface area contributed by atoms with Crippen LogP contribution in [0.4, 0.5) is 0 Å². The van der Waals surface area contributed by atoms with Gasteiger partial charge in [0.05, 0.1) is 45.2 Å². The lowest BCUT2D eigenvalue weighted by Gasteiger charge is -2.13. The molecule has 9 heteroatoms. The Balaban J connectivity index is 2.01. The minimum absolute atomic E-state index is 0.205. The number of hydrazone groups is 1. The number of nitrogens with zero attached hydrogens (tertiary/aromatic N) is 1. The smallest absolute Gasteiger partial charge is 0.344 e. The Morgan fingerprint density at radius 3 is 2.47 bits per heavy atom. The summed E-state index contributed by atoms with van der Waals surface area (Å²) in [6, 6.07) is 9.23. The van der Waals surface area contributed by atoms with Crippen LogP contribution in [-0.4, -0.2) is 46.7 Å². The molecule has 0 aliphatic heterocycles. The number of methoxy groups -OCH3 is 3. The average molecular weight is 481 g/mol. The van der Waals surface area contributed by atoms with Gasteiger partial charge in [0.2, 0.25) is 0 Å². The Morgan fingerprint density at radius 2 is 1.80 bits per heavy atom. The highest BCUT2D eigenvalue weighted by molar-refractivity contribution is 9.10. The molecule has 0 fully saturated rings. The summed E-state index contributed by atoms with van der Waals surface area (Å²) < 4.78 is 26.9. The number of rotatable bonds is 11. The first-order valence-corrected chi connectivity index (χ1v) is 9.94. The maximum absolute atomic E-state index is 11.5. The van der Waals surface area contributed by atoms with Crippen LogP contribution in [0.3, 0.4) is 0 Å². The Kier molecular flexibility index (Phi) is 9.27. The molecule has 0 saturated heterocycles. The monoisotopic (exact) mass is 480 g/mol. The van der Waals surface area contributed by atoms with Crippen molar-refractivity contribution in [2.75, 3.05) is 34.5 Å². The topological polar surface area (TPSA) is 87.6 Å². The number of nitrogens with one attached hydrogen (secondary N) is 1. The van der Waals surface area contributed by atoms with Gasteiger partial charge in [-0.05, 0) is 58.2 Å². The Morgan fingerprint density at radius 1 is 1.07 bits per heavy atom. The third-order valence-corrected chi connectivity index (χ3v) is 4.52. The van der Waals surface area contributed by atoms with Crippen LogP contribution in [0.15, 0.2) is 39.9 Å². The number of esters is 1. The fraction of sp³-hybridized carbons (Fsp3) is 0.333. The molecule has 0 aliphatic rings. The molecule has 0 aromatic heterocycles. The molecule has 8 nitrogen and oxygen atoms in total. The highest BCUT2D eigenvalue weighted by Crippen LogP contribution is 2.36. The van der Waals surface area contributed by atoms with Crippen LogP contribution >= 0.6 is 15.9 Å². The summed E-state index contributed by atoms with van der Waals surface area (Å²) in [5, 5.41) is 4.24. The maximum Gasteiger partial charge on any atom is 0.344 e. The van der Waals surface area contributed by atoms with Gasteiger partial charge in [-0.3, -0.25) is 0 Å². The average Bonchev–Trinajstić information content (AvgIpc) is 2.75. The molecule has 0 atom stereocenters. The van der Waals surface area contributed by atoms with E-state index in [1.807, 2.05) is 24.3 Å². The van der Waals surface area contributed by atoms with E-state index in [-0.39, 0.29) is 6.61 Å². The van der Waals surface area contributed by atoms with Crippen molar-refractivity contribution in [3.63, 3.8) is 0 Å². The lowest BCUT2D eigenvalue weighted by atomic mass is 10.2. The molecule has 2 aromatic carbocycles. The van der Waals surface area contributed by atoms with Crippen molar-refractivity contribution in [2.24, 2.45) is 5.10 Å². The quantitative estimate of drug-likeness (QED) is 0.299. The number of halogens is 1. The van der Waals surface area contributed by atoms with Gasteiger partial charge in [-0.15, -0.1) is 0 Å². The SMILES string of the molecule is CCOC(=O)COc1c(Br)cc(/C=N\NCc2ccc(OC)c(OC)c2)cc1OC. The molecule has 0 spiro atoms. The fourth-order valence-electron chi connectivity index (χ4n) is 2.54. The van der Waals surface area contributed by atoms with Gasteiger partial charge in [0.1, 0.15) is 0 Å². The fourth-order valence-corrected chi connectivity index (χ4v) is 3.11. The van der Waals surface area contributed by atoms with E-state index in [4.69, 9.17) is 23.7 Å². The number of carbonyl (C=O) groups is 1. The lowest BCUT2D eigenvalue weighted by molar-refractivity contribution is -0.145. The summed E-state index contributed by atoms with van der Waals surface area (Å²) in [5.41, 5.74) is 4.76. The zero-order valence-corrected chi connectivity index (χ0v) is 18.9. The molecule has 0 bridgehead atoms. The first-order chi connectivity index (χ1) is 14.5. The Bertz CT molecular complexity index is 888. The number of benzene rings is 2. The summed E-state index contributed by atoms with van der Waals surface area (Å²) in [5.74, 6) is 1.77. The van der Waals surface area contributed by atoms with Gasteiger partial charge in [0, 0.05) is 0 Å². The van der Waals surface area contributed by atoms with Crippen molar-refractivity contribution in [2.45, 2.75) is 13.5 Å². The maximum atomic E-state index is 11.5. The number of ether oxygens (including phenoxy) is 5. The first-order valence-electron chi connectivity index (χ1n) is 9.15. The van der Waals surface area contributed by atoms with Crippen molar-refractivity contribution >= 4 is 28.1 Å². The van der Waals surface area contributed by atoms with Crippen LogP contribution in [0.1, 0.15) is 18.1 Å². The lowest BCUT2D eigenvalue weighted by Crippen LogP contribution is -2.15. The van der Waals surface area contributed by atoms with Crippen LogP contribution in [0.5, 0.6) is 23.0 Å². The second kappa shape index (κ2) is 11.9. The highest BCUT2D eigenvalue weighted by atomic mass is 79.9.